The maximum atomic E-state index is 9.47. The number of carbonyl (C=O) groups excluding carboxylic acids is 1. The lowest BCUT2D eigenvalue weighted by molar-refractivity contribution is -0.113. The molecule has 0 aliphatic carbocycles. The van der Waals surface area contributed by atoms with Crippen molar-refractivity contribution < 1.29 is 9.22 Å². The average Bonchev–Trinajstić information content (AvgIpc) is 2.30. The van der Waals surface area contributed by atoms with Gasteiger partial charge in [0.2, 0.25) is 5.91 Å². The van der Waals surface area contributed by atoms with Gasteiger partial charge in [0.05, 0.1) is 0 Å². The molecule has 1 rings (SSSR count). The molecule has 1 aliphatic heterocycles. The molecule has 4 N–H and O–H groups in total. The van der Waals surface area contributed by atoms with Gasteiger partial charge in [-0.2, -0.15) is 0 Å². The van der Waals surface area contributed by atoms with Crippen molar-refractivity contribution in [2.75, 3.05) is 6.61 Å². The average molecular weight is 230 g/mol. The Morgan fingerprint density at radius 3 is 2.60 bits per heavy atom. The summed E-state index contributed by atoms with van der Waals surface area (Å²) in [5, 5.41) is 0. The molecular weight excluding hydrogens is 208 g/mol. The van der Waals surface area contributed by atoms with E-state index >= 15 is 0 Å². The van der Waals surface area contributed by atoms with Crippen LogP contribution in [0.15, 0.2) is 12.7 Å². The first-order chi connectivity index (χ1) is 7.11. The van der Waals surface area contributed by atoms with Crippen molar-refractivity contribution in [1.82, 2.24) is 0 Å². The summed E-state index contributed by atoms with van der Waals surface area (Å²) in [7, 11) is -0.943. The van der Waals surface area contributed by atoms with Gasteiger partial charge in [0.15, 0.2) is 9.04 Å². The van der Waals surface area contributed by atoms with E-state index in [-0.39, 0.29) is 0 Å². The summed E-state index contributed by atoms with van der Waals surface area (Å²) in [6.45, 7) is 6.21. The lowest BCUT2D eigenvalue weighted by atomic mass is 10.4. The van der Waals surface area contributed by atoms with Gasteiger partial charge in [-0.15, -0.1) is 0 Å². The van der Waals surface area contributed by atoms with E-state index in [9.17, 15) is 4.79 Å². The van der Waals surface area contributed by atoms with Crippen molar-refractivity contribution in [3.63, 3.8) is 0 Å². The standard InChI is InChI=1S/C7H17NOSi.C3H5NO/c1-2-7(8)10-6-4-3-5-9-10;1-2-3(4)5/h7,10H,2-6,8H2,1H3;2H,1H2,(H2,4,5). The third kappa shape index (κ3) is 7.30. The van der Waals surface area contributed by atoms with Gasteiger partial charge in [0.25, 0.3) is 0 Å². The van der Waals surface area contributed by atoms with Crippen LogP contribution in [0.5, 0.6) is 0 Å². The van der Waals surface area contributed by atoms with E-state index < -0.39 is 14.9 Å². The van der Waals surface area contributed by atoms with E-state index in [0.717, 1.165) is 19.1 Å². The van der Waals surface area contributed by atoms with Crippen molar-refractivity contribution in [1.29, 1.82) is 0 Å². The van der Waals surface area contributed by atoms with Crippen LogP contribution >= 0.6 is 0 Å². The molecule has 88 valence electrons. The maximum absolute atomic E-state index is 9.47. The minimum atomic E-state index is -0.943. The second kappa shape index (κ2) is 8.64. The molecule has 0 aromatic carbocycles. The quantitative estimate of drug-likeness (QED) is 0.546. The number of primary amides is 1. The monoisotopic (exact) mass is 230 g/mol. The second-order valence-corrected chi connectivity index (χ2v) is 6.43. The molecule has 2 atom stereocenters. The molecule has 1 saturated heterocycles. The van der Waals surface area contributed by atoms with Crippen LogP contribution < -0.4 is 11.5 Å². The normalized spacial score (nSPS) is 22.1. The summed E-state index contributed by atoms with van der Waals surface area (Å²) in [5.74, 6) is -0.481. The molecule has 0 aromatic heterocycles. The highest BCUT2D eigenvalue weighted by molar-refractivity contribution is 6.53. The lowest BCUT2D eigenvalue weighted by Gasteiger charge is -2.25. The van der Waals surface area contributed by atoms with Crippen LogP contribution in [-0.4, -0.2) is 27.2 Å². The van der Waals surface area contributed by atoms with E-state index in [4.69, 9.17) is 10.2 Å². The zero-order chi connectivity index (χ0) is 11.7. The van der Waals surface area contributed by atoms with Crippen LogP contribution in [0.4, 0.5) is 0 Å². The Bertz CT molecular complexity index is 194. The zero-order valence-corrected chi connectivity index (χ0v) is 10.6. The first kappa shape index (κ1) is 14.3. The molecule has 0 saturated carbocycles. The Balaban J connectivity index is 0.000000336. The van der Waals surface area contributed by atoms with Crippen molar-refractivity contribution in [3.8, 4) is 0 Å². The molecule has 1 amide bonds. The summed E-state index contributed by atoms with van der Waals surface area (Å²) in [5.41, 5.74) is 10.8. The fourth-order valence-electron chi connectivity index (χ4n) is 1.37. The van der Waals surface area contributed by atoms with E-state index in [1.165, 1.54) is 18.9 Å². The first-order valence-corrected chi connectivity index (χ1v) is 7.36. The number of rotatable bonds is 3. The van der Waals surface area contributed by atoms with Gasteiger partial charge in [0.1, 0.15) is 0 Å². The van der Waals surface area contributed by atoms with Gasteiger partial charge in [0, 0.05) is 12.3 Å². The highest BCUT2D eigenvalue weighted by Crippen LogP contribution is 2.13. The van der Waals surface area contributed by atoms with Gasteiger partial charge in [-0.25, -0.2) is 0 Å². The number of hydrogen-bond donors (Lipinski definition) is 2. The van der Waals surface area contributed by atoms with E-state index in [0.29, 0.717) is 5.67 Å². The molecule has 5 heteroatoms. The Kier molecular flexibility index (Phi) is 8.26. The van der Waals surface area contributed by atoms with Gasteiger partial charge in [-0.3, -0.25) is 4.79 Å². The summed E-state index contributed by atoms with van der Waals surface area (Å²) < 4.78 is 5.64. The predicted molar refractivity (Wildman–Crippen MR) is 64.8 cm³/mol. The maximum Gasteiger partial charge on any atom is 0.240 e. The van der Waals surface area contributed by atoms with Crippen LogP contribution in [0.2, 0.25) is 6.04 Å². The molecule has 0 radical (unpaired) electrons. The molecule has 1 heterocycles. The van der Waals surface area contributed by atoms with Crippen LogP contribution in [0.3, 0.4) is 0 Å². The highest BCUT2D eigenvalue weighted by atomic mass is 28.3. The van der Waals surface area contributed by atoms with Crippen LogP contribution in [0.1, 0.15) is 26.2 Å². The number of amides is 1. The molecule has 4 nitrogen and oxygen atoms in total. The molecule has 0 bridgehead atoms. The smallest absolute Gasteiger partial charge is 0.240 e. The minimum Gasteiger partial charge on any atom is -0.418 e. The fraction of sp³-hybridized carbons (Fsp3) is 0.700. The summed E-state index contributed by atoms with van der Waals surface area (Å²) in [6, 6.07) is 1.30. The van der Waals surface area contributed by atoms with Crippen LogP contribution in [-0.2, 0) is 9.22 Å². The zero-order valence-electron chi connectivity index (χ0n) is 9.45. The first-order valence-electron chi connectivity index (χ1n) is 5.40. The van der Waals surface area contributed by atoms with Gasteiger partial charge < -0.3 is 15.9 Å². The van der Waals surface area contributed by atoms with Crippen molar-refractivity contribution in [2.45, 2.75) is 37.9 Å². The van der Waals surface area contributed by atoms with Gasteiger partial charge >= 0.3 is 0 Å². The van der Waals surface area contributed by atoms with Gasteiger partial charge in [-0.1, -0.05) is 19.9 Å². The second-order valence-electron chi connectivity index (χ2n) is 3.58. The SMILES string of the molecule is C=CC(N)=O.CCC(N)[SiH]1CCCCO1. The van der Waals surface area contributed by atoms with Crippen LogP contribution in [0.25, 0.3) is 0 Å². The molecule has 2 unspecified atom stereocenters. The van der Waals surface area contributed by atoms with E-state index in [1.54, 1.807) is 0 Å². The molecule has 0 aromatic rings. The lowest BCUT2D eigenvalue weighted by Crippen LogP contribution is -2.42. The number of hydrogen-bond acceptors (Lipinski definition) is 3. The van der Waals surface area contributed by atoms with Crippen LogP contribution in [0, 0.1) is 0 Å². The molecular formula is C10H22N2O2Si. The molecule has 1 fully saturated rings. The largest absolute Gasteiger partial charge is 0.418 e. The van der Waals surface area contributed by atoms with E-state index in [1.807, 2.05) is 0 Å². The minimum absolute atomic E-state index is 0.403. The fourth-order valence-corrected chi connectivity index (χ4v) is 3.89. The highest BCUT2D eigenvalue weighted by Gasteiger charge is 2.21. The summed E-state index contributed by atoms with van der Waals surface area (Å²) in [6.07, 6.45) is 4.75. The Hall–Kier alpha value is -0.653. The Morgan fingerprint density at radius 2 is 2.27 bits per heavy atom. The predicted octanol–water partition coefficient (Wildman–Crippen LogP) is 0.455. The summed E-state index contributed by atoms with van der Waals surface area (Å²) >= 11 is 0. The van der Waals surface area contributed by atoms with Crippen molar-refractivity contribution >= 4 is 14.9 Å². The molecule has 15 heavy (non-hydrogen) atoms. The van der Waals surface area contributed by atoms with Crippen molar-refractivity contribution in [2.24, 2.45) is 11.5 Å². The van der Waals surface area contributed by atoms with E-state index in [2.05, 4.69) is 19.2 Å². The topological polar surface area (TPSA) is 78.3 Å². The third-order valence-electron chi connectivity index (χ3n) is 2.37. The molecule has 0 spiro atoms. The number of nitrogens with two attached hydrogens (primary N) is 2. The summed E-state index contributed by atoms with van der Waals surface area (Å²) in [4.78, 5) is 9.47. The molecule has 1 aliphatic rings. The third-order valence-corrected chi connectivity index (χ3v) is 5.43. The van der Waals surface area contributed by atoms with Crippen molar-refractivity contribution in [3.05, 3.63) is 12.7 Å². The Morgan fingerprint density at radius 1 is 1.67 bits per heavy atom. The van der Waals surface area contributed by atoms with Gasteiger partial charge in [-0.05, 0) is 25.0 Å². The number of carbonyl (C=O) groups is 1. The Labute approximate surface area is 93.4 Å².